The number of hydrogen-bond donors (Lipinski definition) is 3. The van der Waals surface area contributed by atoms with Gasteiger partial charge in [-0.05, 0) is 40.8 Å². The fourth-order valence-corrected chi connectivity index (χ4v) is 3.05. The summed E-state index contributed by atoms with van der Waals surface area (Å²) in [5, 5.41) is 29.6. The minimum atomic E-state index is -0.646. The number of rotatable bonds is 13. The van der Waals surface area contributed by atoms with Gasteiger partial charge in [0.15, 0.2) is 0 Å². The zero-order valence-corrected chi connectivity index (χ0v) is 18.4. The minimum absolute atomic E-state index is 0.0342. The summed E-state index contributed by atoms with van der Waals surface area (Å²) in [6, 6.07) is 17.1. The van der Waals surface area contributed by atoms with Crippen molar-refractivity contribution in [2.24, 2.45) is 5.92 Å². The van der Waals surface area contributed by atoms with E-state index in [0.29, 0.717) is 25.2 Å². The molecule has 31 heavy (non-hydrogen) atoms. The van der Waals surface area contributed by atoms with Crippen molar-refractivity contribution in [1.29, 1.82) is 0 Å². The van der Waals surface area contributed by atoms with Crippen LogP contribution in [0.3, 0.4) is 0 Å². The van der Waals surface area contributed by atoms with Crippen molar-refractivity contribution in [3.63, 3.8) is 0 Å². The molecule has 0 unspecified atom stereocenters. The van der Waals surface area contributed by atoms with Crippen LogP contribution in [0, 0.1) is 5.92 Å². The molecule has 0 fully saturated rings. The van der Waals surface area contributed by atoms with Crippen LogP contribution in [0.2, 0.25) is 0 Å². The Kier molecular flexibility index (Phi) is 11.1. The SMILES string of the molecule is CC(C)C(=C=CC[C@@H](O)c1ccc(OCCO)cc1)C[C@@H](O)COCc1ccccc1. The fourth-order valence-electron chi connectivity index (χ4n) is 3.05. The molecule has 0 aliphatic rings. The highest BCUT2D eigenvalue weighted by Gasteiger charge is 2.11. The van der Waals surface area contributed by atoms with Gasteiger partial charge in [-0.3, -0.25) is 0 Å². The normalized spacial score (nSPS) is 12.8. The Morgan fingerprint density at radius 2 is 1.74 bits per heavy atom. The van der Waals surface area contributed by atoms with E-state index in [4.69, 9.17) is 14.6 Å². The van der Waals surface area contributed by atoms with Gasteiger partial charge in [0.05, 0.1) is 32.0 Å². The molecule has 0 radical (unpaired) electrons. The number of benzene rings is 2. The van der Waals surface area contributed by atoms with Gasteiger partial charge in [0.1, 0.15) is 12.4 Å². The maximum atomic E-state index is 10.4. The van der Waals surface area contributed by atoms with Crippen molar-refractivity contribution in [2.45, 2.75) is 45.5 Å². The van der Waals surface area contributed by atoms with Crippen molar-refractivity contribution < 1.29 is 24.8 Å². The summed E-state index contributed by atoms with van der Waals surface area (Å²) in [7, 11) is 0. The lowest BCUT2D eigenvalue weighted by Crippen LogP contribution is -2.17. The lowest BCUT2D eigenvalue weighted by molar-refractivity contribution is 0.0280. The van der Waals surface area contributed by atoms with E-state index in [9.17, 15) is 10.2 Å². The van der Waals surface area contributed by atoms with Crippen molar-refractivity contribution >= 4 is 0 Å². The molecule has 0 amide bonds. The van der Waals surface area contributed by atoms with Crippen LogP contribution in [0.25, 0.3) is 0 Å². The molecule has 0 aliphatic heterocycles. The maximum absolute atomic E-state index is 10.4. The standard InChI is InChI=1S/C26H34O5/c1-20(2)23(17-24(28)19-30-18-21-7-4-3-5-8-21)9-6-10-26(29)22-11-13-25(14-12-22)31-16-15-27/h3-8,11-14,20,24,26-29H,10,15-19H2,1-2H3/t9?,24-,26-/m1/s1. The van der Waals surface area contributed by atoms with Gasteiger partial charge in [0.2, 0.25) is 0 Å². The van der Waals surface area contributed by atoms with E-state index < -0.39 is 12.2 Å². The highest BCUT2D eigenvalue weighted by Crippen LogP contribution is 2.21. The summed E-state index contributed by atoms with van der Waals surface area (Å²) in [5.74, 6) is 0.895. The summed E-state index contributed by atoms with van der Waals surface area (Å²) < 4.78 is 11.0. The van der Waals surface area contributed by atoms with Gasteiger partial charge in [-0.25, -0.2) is 0 Å². The lowest BCUT2D eigenvalue weighted by Gasteiger charge is -2.15. The Hall–Kier alpha value is -2.40. The third-order valence-electron chi connectivity index (χ3n) is 4.83. The Bertz CT molecular complexity index is 807. The quantitative estimate of drug-likeness (QED) is 0.419. The van der Waals surface area contributed by atoms with E-state index in [1.165, 1.54) is 0 Å². The molecule has 0 heterocycles. The molecule has 3 N–H and O–H groups in total. The first-order valence-corrected chi connectivity index (χ1v) is 10.7. The number of aliphatic hydroxyl groups excluding tert-OH is 3. The van der Waals surface area contributed by atoms with Gasteiger partial charge in [-0.2, -0.15) is 0 Å². The van der Waals surface area contributed by atoms with Gasteiger partial charge in [-0.15, -0.1) is 5.73 Å². The molecule has 0 saturated heterocycles. The van der Waals surface area contributed by atoms with Crippen LogP contribution >= 0.6 is 0 Å². The molecule has 0 saturated carbocycles. The molecule has 2 atom stereocenters. The summed E-state index contributed by atoms with van der Waals surface area (Å²) in [6.07, 6.45) is 1.49. The van der Waals surface area contributed by atoms with Gasteiger partial charge in [-0.1, -0.05) is 56.3 Å². The average molecular weight is 427 g/mol. The van der Waals surface area contributed by atoms with E-state index in [-0.39, 0.29) is 25.7 Å². The van der Waals surface area contributed by atoms with Gasteiger partial charge in [0.25, 0.3) is 0 Å². The van der Waals surface area contributed by atoms with Gasteiger partial charge >= 0.3 is 0 Å². The zero-order valence-electron chi connectivity index (χ0n) is 18.4. The maximum Gasteiger partial charge on any atom is 0.119 e. The summed E-state index contributed by atoms with van der Waals surface area (Å²) in [5.41, 5.74) is 6.12. The van der Waals surface area contributed by atoms with Gasteiger partial charge in [0, 0.05) is 12.8 Å². The second-order valence-electron chi connectivity index (χ2n) is 7.78. The smallest absolute Gasteiger partial charge is 0.119 e. The summed E-state index contributed by atoms with van der Waals surface area (Å²) in [6.45, 7) is 5.08. The summed E-state index contributed by atoms with van der Waals surface area (Å²) >= 11 is 0. The molecule has 0 aromatic heterocycles. The molecular weight excluding hydrogens is 392 g/mol. The third-order valence-corrected chi connectivity index (χ3v) is 4.83. The van der Waals surface area contributed by atoms with Gasteiger partial charge < -0.3 is 24.8 Å². The van der Waals surface area contributed by atoms with Crippen LogP contribution < -0.4 is 4.74 Å². The van der Waals surface area contributed by atoms with Crippen LogP contribution in [-0.4, -0.2) is 41.2 Å². The lowest BCUT2D eigenvalue weighted by atomic mass is 9.97. The molecule has 2 rings (SSSR count). The molecule has 0 bridgehead atoms. The third kappa shape index (κ3) is 9.52. The van der Waals surface area contributed by atoms with Crippen LogP contribution in [0.1, 0.15) is 43.9 Å². The fraction of sp³-hybridized carbons (Fsp3) is 0.423. The molecule has 0 aliphatic carbocycles. The first-order chi connectivity index (χ1) is 15.0. The topological polar surface area (TPSA) is 79.2 Å². The van der Waals surface area contributed by atoms with Crippen LogP contribution in [0.5, 0.6) is 5.75 Å². The van der Waals surface area contributed by atoms with Crippen molar-refractivity contribution in [3.05, 3.63) is 83.1 Å². The number of hydrogen-bond acceptors (Lipinski definition) is 5. The first kappa shape index (κ1) is 24.9. The Balaban J connectivity index is 1.85. The van der Waals surface area contributed by atoms with E-state index in [1.807, 2.05) is 48.5 Å². The van der Waals surface area contributed by atoms with Crippen LogP contribution in [0.15, 0.2) is 72.0 Å². The Labute approximate surface area is 185 Å². The molecule has 2 aromatic carbocycles. The van der Waals surface area contributed by atoms with E-state index in [0.717, 1.165) is 16.7 Å². The molecule has 0 spiro atoms. The molecule has 2 aromatic rings. The Morgan fingerprint density at radius 1 is 1.03 bits per heavy atom. The molecule has 5 nitrogen and oxygen atoms in total. The monoisotopic (exact) mass is 426 g/mol. The van der Waals surface area contributed by atoms with Crippen LogP contribution in [0.4, 0.5) is 0 Å². The van der Waals surface area contributed by atoms with Crippen LogP contribution in [-0.2, 0) is 11.3 Å². The van der Waals surface area contributed by atoms with E-state index >= 15 is 0 Å². The largest absolute Gasteiger partial charge is 0.491 e. The van der Waals surface area contributed by atoms with Crippen molar-refractivity contribution in [1.82, 2.24) is 0 Å². The summed E-state index contributed by atoms with van der Waals surface area (Å²) in [4.78, 5) is 0. The van der Waals surface area contributed by atoms with Crippen molar-refractivity contribution in [3.8, 4) is 5.75 Å². The molecule has 168 valence electrons. The predicted octanol–water partition coefficient (Wildman–Crippen LogP) is 4.19. The minimum Gasteiger partial charge on any atom is -0.491 e. The highest BCUT2D eigenvalue weighted by atomic mass is 16.5. The second kappa shape index (κ2) is 13.8. The molecule has 5 heteroatoms. The predicted molar refractivity (Wildman–Crippen MR) is 122 cm³/mol. The molecular formula is C26H34O5. The average Bonchev–Trinajstić information content (AvgIpc) is 2.78. The zero-order chi connectivity index (χ0) is 22.5. The second-order valence-corrected chi connectivity index (χ2v) is 7.78. The number of ether oxygens (including phenoxy) is 2. The Morgan fingerprint density at radius 3 is 2.39 bits per heavy atom. The van der Waals surface area contributed by atoms with E-state index in [2.05, 4.69) is 19.6 Å². The van der Waals surface area contributed by atoms with Crippen molar-refractivity contribution in [2.75, 3.05) is 19.8 Å². The number of aliphatic hydroxyl groups is 3. The first-order valence-electron chi connectivity index (χ1n) is 10.7. The highest BCUT2D eigenvalue weighted by molar-refractivity contribution is 5.28. The van der Waals surface area contributed by atoms with E-state index in [1.54, 1.807) is 12.1 Å².